The standard InChI is InChI=1S/C29H28FN3O/c1-18(2)28(34)32-16-25-27(20-7-5-4-6-8-20)29(25,17-32)24-14-21-15-31-33(26(21)13-19(24)3)23-11-9-22(30)10-12-23/h4-15,18,25,27H,16-17H2,1-3H3/t25-,27-,29+/m1/s1. The Hall–Kier alpha value is -3.47. The van der Waals surface area contributed by atoms with Gasteiger partial charge in [0.2, 0.25) is 5.91 Å². The second-order valence-electron chi connectivity index (χ2n) is 10.2. The summed E-state index contributed by atoms with van der Waals surface area (Å²) in [7, 11) is 0. The van der Waals surface area contributed by atoms with Crippen LogP contribution in [0.2, 0.25) is 0 Å². The Morgan fingerprint density at radius 3 is 2.53 bits per heavy atom. The molecule has 4 aromatic rings. The number of likely N-dealkylation sites (tertiary alicyclic amines) is 1. The summed E-state index contributed by atoms with van der Waals surface area (Å²) in [5.41, 5.74) is 5.65. The van der Waals surface area contributed by atoms with Gasteiger partial charge >= 0.3 is 0 Å². The monoisotopic (exact) mass is 453 g/mol. The van der Waals surface area contributed by atoms with E-state index in [1.807, 2.05) is 24.7 Å². The summed E-state index contributed by atoms with van der Waals surface area (Å²) in [6.07, 6.45) is 1.89. The van der Waals surface area contributed by atoms with Gasteiger partial charge in [0.05, 0.1) is 17.4 Å². The van der Waals surface area contributed by atoms with Crippen molar-refractivity contribution in [1.29, 1.82) is 0 Å². The molecule has 1 amide bonds. The van der Waals surface area contributed by atoms with Crippen LogP contribution in [0.4, 0.5) is 4.39 Å². The number of halogens is 1. The van der Waals surface area contributed by atoms with E-state index in [2.05, 4.69) is 59.4 Å². The second-order valence-corrected chi connectivity index (χ2v) is 10.2. The van der Waals surface area contributed by atoms with Crippen molar-refractivity contribution in [2.75, 3.05) is 13.1 Å². The van der Waals surface area contributed by atoms with Gasteiger partial charge in [-0.2, -0.15) is 5.10 Å². The molecule has 0 bridgehead atoms. The lowest BCUT2D eigenvalue weighted by Crippen LogP contribution is -2.37. The van der Waals surface area contributed by atoms with Crippen LogP contribution in [0.5, 0.6) is 0 Å². The minimum atomic E-state index is -0.258. The minimum absolute atomic E-state index is 0.00208. The Bertz CT molecular complexity index is 1390. The van der Waals surface area contributed by atoms with Crippen LogP contribution in [-0.4, -0.2) is 33.7 Å². The summed E-state index contributed by atoms with van der Waals surface area (Å²) >= 11 is 0. The predicted octanol–water partition coefficient (Wildman–Crippen LogP) is 5.62. The third kappa shape index (κ3) is 3.03. The number of amides is 1. The van der Waals surface area contributed by atoms with E-state index in [0.29, 0.717) is 11.8 Å². The van der Waals surface area contributed by atoms with Crippen LogP contribution < -0.4 is 0 Å². The largest absolute Gasteiger partial charge is 0.341 e. The maximum atomic E-state index is 13.4. The highest BCUT2D eigenvalue weighted by atomic mass is 19.1. The second kappa shape index (κ2) is 7.52. The number of nitrogens with zero attached hydrogens (tertiary/aromatic N) is 3. The minimum Gasteiger partial charge on any atom is -0.341 e. The third-order valence-electron chi connectivity index (χ3n) is 7.83. The van der Waals surface area contributed by atoms with Gasteiger partial charge < -0.3 is 4.90 Å². The van der Waals surface area contributed by atoms with Gasteiger partial charge in [0.15, 0.2) is 0 Å². The first kappa shape index (κ1) is 21.1. The smallest absolute Gasteiger partial charge is 0.225 e. The first-order valence-electron chi connectivity index (χ1n) is 12.0. The van der Waals surface area contributed by atoms with E-state index in [9.17, 15) is 9.18 Å². The van der Waals surface area contributed by atoms with Crippen molar-refractivity contribution >= 4 is 16.8 Å². The average Bonchev–Trinajstić information content (AvgIpc) is 3.10. The summed E-state index contributed by atoms with van der Waals surface area (Å²) in [4.78, 5) is 15.0. The van der Waals surface area contributed by atoms with Crippen molar-refractivity contribution in [3.05, 3.63) is 95.4 Å². The molecule has 34 heavy (non-hydrogen) atoms. The highest BCUT2D eigenvalue weighted by Gasteiger charge is 2.70. The predicted molar refractivity (Wildman–Crippen MR) is 132 cm³/mol. The van der Waals surface area contributed by atoms with Gasteiger partial charge in [-0.05, 0) is 65.9 Å². The summed E-state index contributed by atoms with van der Waals surface area (Å²) < 4.78 is 15.3. The zero-order valence-corrected chi connectivity index (χ0v) is 19.7. The van der Waals surface area contributed by atoms with Crippen LogP contribution in [-0.2, 0) is 10.2 Å². The molecule has 1 aromatic heterocycles. The van der Waals surface area contributed by atoms with Crippen LogP contribution in [0, 0.1) is 24.6 Å². The van der Waals surface area contributed by atoms with E-state index < -0.39 is 0 Å². The van der Waals surface area contributed by atoms with E-state index in [1.54, 1.807) is 12.1 Å². The van der Waals surface area contributed by atoms with Crippen LogP contribution in [0.3, 0.4) is 0 Å². The molecule has 2 aliphatic rings. The maximum Gasteiger partial charge on any atom is 0.225 e. The van der Waals surface area contributed by atoms with E-state index >= 15 is 0 Å². The highest BCUT2D eigenvalue weighted by molar-refractivity contribution is 5.84. The zero-order valence-electron chi connectivity index (χ0n) is 19.7. The molecule has 5 heteroatoms. The number of aryl methyl sites for hydroxylation is 1. The molecule has 0 spiro atoms. The Kier molecular flexibility index (Phi) is 4.67. The Balaban J connectivity index is 1.45. The number of benzene rings is 3. The van der Waals surface area contributed by atoms with Gasteiger partial charge in [0.1, 0.15) is 5.82 Å². The van der Waals surface area contributed by atoms with Crippen molar-refractivity contribution in [2.45, 2.75) is 32.1 Å². The van der Waals surface area contributed by atoms with Crippen molar-refractivity contribution < 1.29 is 9.18 Å². The molecule has 0 radical (unpaired) electrons. The molecule has 2 heterocycles. The molecule has 6 rings (SSSR count). The fraction of sp³-hybridized carbons (Fsp3) is 0.310. The van der Waals surface area contributed by atoms with Crippen molar-refractivity contribution in [3.63, 3.8) is 0 Å². The molecule has 3 atom stereocenters. The van der Waals surface area contributed by atoms with E-state index in [4.69, 9.17) is 0 Å². The van der Waals surface area contributed by atoms with E-state index in [1.165, 1.54) is 28.8 Å². The molecular weight excluding hydrogens is 425 g/mol. The number of hydrogen-bond donors (Lipinski definition) is 0. The molecule has 1 aliphatic carbocycles. The Labute approximate surface area is 199 Å². The number of fused-ring (bicyclic) bond motifs is 2. The quantitative estimate of drug-likeness (QED) is 0.402. The maximum absolute atomic E-state index is 13.4. The van der Waals surface area contributed by atoms with Gasteiger partial charge in [0, 0.05) is 35.7 Å². The molecule has 0 unspecified atom stereocenters. The lowest BCUT2D eigenvalue weighted by atomic mass is 9.86. The Morgan fingerprint density at radius 1 is 1.09 bits per heavy atom. The fourth-order valence-electron chi connectivity index (χ4n) is 6.26. The van der Waals surface area contributed by atoms with Crippen LogP contribution in [0.1, 0.15) is 36.5 Å². The molecule has 172 valence electrons. The molecule has 0 N–H and O–H groups in total. The fourth-order valence-corrected chi connectivity index (χ4v) is 6.26. The zero-order chi connectivity index (χ0) is 23.6. The summed E-state index contributed by atoms with van der Waals surface area (Å²) in [5, 5.41) is 5.67. The third-order valence-corrected chi connectivity index (χ3v) is 7.83. The Morgan fingerprint density at radius 2 is 1.82 bits per heavy atom. The lowest BCUT2D eigenvalue weighted by molar-refractivity contribution is -0.134. The average molecular weight is 454 g/mol. The van der Waals surface area contributed by atoms with Gasteiger partial charge in [-0.25, -0.2) is 9.07 Å². The molecule has 4 nitrogen and oxygen atoms in total. The van der Waals surface area contributed by atoms with Crippen LogP contribution in [0.15, 0.2) is 72.9 Å². The molecule has 1 saturated heterocycles. The van der Waals surface area contributed by atoms with E-state index in [-0.39, 0.29) is 23.1 Å². The summed E-state index contributed by atoms with van der Waals surface area (Å²) in [6, 6.07) is 21.6. The number of aromatic nitrogens is 2. The first-order chi connectivity index (χ1) is 16.4. The molecule has 2 fully saturated rings. The molecule has 1 aliphatic heterocycles. The summed E-state index contributed by atoms with van der Waals surface area (Å²) in [5.74, 6) is 0.809. The molecular formula is C29H28FN3O. The van der Waals surface area contributed by atoms with Crippen molar-refractivity contribution in [2.24, 2.45) is 11.8 Å². The SMILES string of the molecule is Cc1cc2c(cnn2-c2ccc(F)cc2)cc1[C@@]12CN(C(=O)C(C)C)C[C@@H]1[C@H]2c1ccccc1. The first-order valence-corrected chi connectivity index (χ1v) is 12.0. The number of rotatable bonds is 4. The number of piperidine rings is 1. The van der Waals surface area contributed by atoms with Crippen LogP contribution >= 0.6 is 0 Å². The number of carbonyl (C=O) groups is 1. The van der Waals surface area contributed by atoms with Gasteiger partial charge in [-0.15, -0.1) is 0 Å². The number of hydrogen-bond acceptors (Lipinski definition) is 2. The topological polar surface area (TPSA) is 38.1 Å². The number of carbonyl (C=O) groups excluding carboxylic acids is 1. The molecule has 3 aromatic carbocycles. The lowest BCUT2D eigenvalue weighted by Gasteiger charge is -2.27. The van der Waals surface area contributed by atoms with E-state index in [0.717, 1.165) is 29.7 Å². The van der Waals surface area contributed by atoms with Gasteiger partial charge in [-0.1, -0.05) is 44.2 Å². The van der Waals surface area contributed by atoms with Gasteiger partial charge in [-0.3, -0.25) is 4.79 Å². The summed E-state index contributed by atoms with van der Waals surface area (Å²) in [6.45, 7) is 7.69. The van der Waals surface area contributed by atoms with Crippen LogP contribution in [0.25, 0.3) is 16.6 Å². The van der Waals surface area contributed by atoms with Gasteiger partial charge in [0.25, 0.3) is 0 Å². The van der Waals surface area contributed by atoms with Crippen molar-refractivity contribution in [1.82, 2.24) is 14.7 Å². The normalized spacial score (nSPS) is 23.5. The van der Waals surface area contributed by atoms with Crippen molar-refractivity contribution in [3.8, 4) is 5.69 Å². The highest BCUT2D eigenvalue weighted by Crippen LogP contribution is 2.69. The molecule has 1 saturated carbocycles.